The predicted octanol–water partition coefficient (Wildman–Crippen LogP) is 3.32. The maximum absolute atomic E-state index is 13.6. The van der Waals surface area contributed by atoms with Crippen LogP contribution in [0.5, 0.6) is 0 Å². The minimum Gasteiger partial charge on any atom is -0.323 e. The molecule has 21 heavy (non-hydrogen) atoms. The van der Waals surface area contributed by atoms with E-state index < -0.39 is 5.82 Å². The molecule has 2 aromatic carbocycles. The maximum atomic E-state index is 13.6. The van der Waals surface area contributed by atoms with Crippen molar-refractivity contribution in [1.29, 1.82) is 0 Å². The lowest BCUT2D eigenvalue weighted by molar-refractivity contribution is 0.631. The number of benzene rings is 2. The first kappa shape index (κ1) is 13.1. The summed E-state index contributed by atoms with van der Waals surface area (Å²) in [5, 5.41) is 2.78. The Bertz CT molecular complexity index is 815. The summed E-state index contributed by atoms with van der Waals surface area (Å²) in [5.74, 6) is -0.211. The Morgan fingerprint density at radius 3 is 2.48 bits per heavy atom. The molecule has 0 radical (unpaired) electrons. The number of H-pyrrole nitrogens is 1. The Balaban J connectivity index is 1.99. The minimum atomic E-state index is -0.412. The van der Waals surface area contributed by atoms with Crippen molar-refractivity contribution in [2.24, 2.45) is 0 Å². The highest BCUT2D eigenvalue weighted by Crippen LogP contribution is 2.19. The van der Waals surface area contributed by atoms with Crippen LogP contribution < -0.4 is 10.9 Å². The lowest BCUT2D eigenvalue weighted by atomic mass is 10.1. The van der Waals surface area contributed by atoms with Gasteiger partial charge in [-0.25, -0.2) is 9.37 Å². The van der Waals surface area contributed by atoms with Gasteiger partial charge in [0.1, 0.15) is 5.82 Å². The molecular formula is C16H12FN3O. The number of para-hydroxylation sites is 1. The number of nitrogens with zero attached hydrogens (tertiary/aromatic N) is 1. The third-order valence-corrected chi connectivity index (χ3v) is 2.94. The molecule has 0 saturated carbocycles. The van der Waals surface area contributed by atoms with Gasteiger partial charge in [-0.05, 0) is 12.1 Å². The molecule has 2 N–H and O–H groups in total. The van der Waals surface area contributed by atoms with Crippen LogP contribution in [0, 0.1) is 5.82 Å². The molecule has 0 unspecified atom stereocenters. The molecule has 3 rings (SSSR count). The van der Waals surface area contributed by atoms with Gasteiger partial charge in [-0.1, -0.05) is 42.5 Å². The molecule has 0 saturated heterocycles. The van der Waals surface area contributed by atoms with E-state index in [1.807, 2.05) is 30.3 Å². The molecule has 0 amide bonds. The lowest BCUT2D eigenvalue weighted by Gasteiger charge is -2.08. The lowest BCUT2D eigenvalue weighted by Crippen LogP contribution is -2.11. The van der Waals surface area contributed by atoms with E-state index in [9.17, 15) is 9.18 Å². The molecule has 5 heteroatoms. The molecule has 4 nitrogen and oxygen atoms in total. The topological polar surface area (TPSA) is 57.8 Å². The van der Waals surface area contributed by atoms with Crippen LogP contribution in [0.2, 0.25) is 0 Å². The molecule has 0 bridgehead atoms. The van der Waals surface area contributed by atoms with Crippen molar-refractivity contribution < 1.29 is 4.39 Å². The number of aromatic amines is 1. The Hall–Kier alpha value is -2.95. The van der Waals surface area contributed by atoms with Gasteiger partial charge in [-0.3, -0.25) is 9.78 Å². The van der Waals surface area contributed by atoms with E-state index in [-0.39, 0.29) is 17.2 Å². The van der Waals surface area contributed by atoms with Gasteiger partial charge in [-0.2, -0.15) is 0 Å². The van der Waals surface area contributed by atoms with Crippen LogP contribution in [0.4, 0.5) is 16.0 Å². The van der Waals surface area contributed by atoms with E-state index in [0.717, 1.165) is 5.56 Å². The van der Waals surface area contributed by atoms with E-state index in [1.54, 1.807) is 18.2 Å². The molecule has 1 aromatic heterocycles. The predicted molar refractivity (Wildman–Crippen MR) is 80.0 cm³/mol. The second-order valence-corrected chi connectivity index (χ2v) is 4.45. The molecule has 0 spiro atoms. The number of hydrogen-bond donors (Lipinski definition) is 2. The number of hydrogen-bond acceptors (Lipinski definition) is 3. The standard InChI is InChI=1S/C16H12FN3O/c17-12-8-4-5-9-13(12)18-16-19-14(10-15(21)20-16)11-6-2-1-3-7-11/h1-10H,(H2,18,19,20,21). The number of aromatic nitrogens is 2. The highest BCUT2D eigenvalue weighted by Gasteiger charge is 2.06. The average Bonchev–Trinajstić information content (AvgIpc) is 2.50. The quantitative estimate of drug-likeness (QED) is 0.774. The molecule has 0 aliphatic carbocycles. The van der Waals surface area contributed by atoms with Crippen molar-refractivity contribution in [3.63, 3.8) is 0 Å². The Morgan fingerprint density at radius 1 is 1.00 bits per heavy atom. The van der Waals surface area contributed by atoms with Gasteiger partial charge in [0.25, 0.3) is 5.56 Å². The first-order valence-electron chi connectivity index (χ1n) is 6.41. The second kappa shape index (κ2) is 5.58. The van der Waals surface area contributed by atoms with Crippen LogP contribution in [0.1, 0.15) is 0 Å². The summed E-state index contributed by atoms with van der Waals surface area (Å²) in [7, 11) is 0. The van der Waals surface area contributed by atoms with Gasteiger partial charge < -0.3 is 5.32 Å². The molecule has 0 atom stereocenters. The largest absolute Gasteiger partial charge is 0.323 e. The highest BCUT2D eigenvalue weighted by molar-refractivity contribution is 5.61. The van der Waals surface area contributed by atoms with Crippen LogP contribution in [-0.2, 0) is 0 Å². The normalized spacial score (nSPS) is 10.3. The van der Waals surface area contributed by atoms with Crippen molar-refractivity contribution in [2.75, 3.05) is 5.32 Å². The van der Waals surface area contributed by atoms with Crippen molar-refractivity contribution >= 4 is 11.6 Å². The van der Waals surface area contributed by atoms with E-state index in [1.165, 1.54) is 12.1 Å². The number of halogens is 1. The van der Waals surface area contributed by atoms with Crippen molar-refractivity contribution in [3.05, 3.63) is 76.8 Å². The van der Waals surface area contributed by atoms with E-state index in [0.29, 0.717) is 5.69 Å². The summed E-state index contributed by atoms with van der Waals surface area (Å²) in [4.78, 5) is 18.6. The maximum Gasteiger partial charge on any atom is 0.252 e. The summed E-state index contributed by atoms with van der Waals surface area (Å²) >= 11 is 0. The van der Waals surface area contributed by atoms with Gasteiger partial charge in [0.15, 0.2) is 0 Å². The van der Waals surface area contributed by atoms with E-state index in [4.69, 9.17) is 0 Å². The van der Waals surface area contributed by atoms with Crippen LogP contribution >= 0.6 is 0 Å². The van der Waals surface area contributed by atoms with Gasteiger partial charge >= 0.3 is 0 Å². The van der Waals surface area contributed by atoms with Crippen LogP contribution in [-0.4, -0.2) is 9.97 Å². The Kier molecular flexibility index (Phi) is 3.47. The zero-order valence-electron chi connectivity index (χ0n) is 11.0. The fraction of sp³-hybridized carbons (Fsp3) is 0. The van der Waals surface area contributed by atoms with Gasteiger partial charge in [0.2, 0.25) is 5.95 Å². The molecule has 0 fully saturated rings. The number of anilines is 2. The first-order chi connectivity index (χ1) is 10.2. The third-order valence-electron chi connectivity index (χ3n) is 2.94. The summed E-state index contributed by atoms with van der Waals surface area (Å²) < 4.78 is 13.6. The third kappa shape index (κ3) is 2.97. The van der Waals surface area contributed by atoms with E-state index in [2.05, 4.69) is 15.3 Å². The van der Waals surface area contributed by atoms with Crippen molar-refractivity contribution in [3.8, 4) is 11.3 Å². The second-order valence-electron chi connectivity index (χ2n) is 4.45. The van der Waals surface area contributed by atoms with Gasteiger partial charge in [0, 0.05) is 11.6 Å². The first-order valence-corrected chi connectivity index (χ1v) is 6.41. The number of nitrogens with one attached hydrogen (secondary N) is 2. The van der Waals surface area contributed by atoms with E-state index >= 15 is 0 Å². The number of rotatable bonds is 3. The van der Waals surface area contributed by atoms with Gasteiger partial charge in [0.05, 0.1) is 11.4 Å². The molecular weight excluding hydrogens is 269 g/mol. The van der Waals surface area contributed by atoms with Crippen molar-refractivity contribution in [2.45, 2.75) is 0 Å². The Morgan fingerprint density at radius 2 is 1.71 bits per heavy atom. The van der Waals surface area contributed by atoms with Crippen LogP contribution in [0.25, 0.3) is 11.3 Å². The molecule has 0 aliphatic heterocycles. The minimum absolute atomic E-state index is 0.200. The molecule has 1 heterocycles. The summed E-state index contributed by atoms with van der Waals surface area (Å²) in [5.41, 5.74) is 1.30. The van der Waals surface area contributed by atoms with Gasteiger partial charge in [-0.15, -0.1) is 0 Å². The fourth-order valence-electron chi connectivity index (χ4n) is 1.96. The summed E-state index contributed by atoms with van der Waals surface area (Å²) in [6, 6.07) is 16.9. The molecule has 104 valence electrons. The molecule has 0 aliphatic rings. The summed E-state index contributed by atoms with van der Waals surface area (Å²) in [6.45, 7) is 0. The fourth-order valence-corrected chi connectivity index (χ4v) is 1.96. The zero-order valence-corrected chi connectivity index (χ0v) is 11.0. The molecule has 3 aromatic rings. The Labute approximate surface area is 120 Å². The SMILES string of the molecule is O=c1cc(-c2ccccc2)nc(Nc2ccccc2F)[nH]1. The van der Waals surface area contributed by atoms with Crippen LogP contribution in [0.15, 0.2) is 65.5 Å². The smallest absolute Gasteiger partial charge is 0.252 e. The monoisotopic (exact) mass is 281 g/mol. The van der Waals surface area contributed by atoms with Crippen molar-refractivity contribution in [1.82, 2.24) is 9.97 Å². The summed E-state index contributed by atoms with van der Waals surface area (Å²) in [6.07, 6.45) is 0. The van der Waals surface area contributed by atoms with Crippen LogP contribution in [0.3, 0.4) is 0 Å². The average molecular weight is 281 g/mol. The zero-order chi connectivity index (χ0) is 14.7. The highest BCUT2D eigenvalue weighted by atomic mass is 19.1.